The molecule has 0 fully saturated rings. The van der Waals surface area contributed by atoms with E-state index in [0.717, 1.165) is 27.1 Å². The van der Waals surface area contributed by atoms with Gasteiger partial charge in [-0.05, 0) is 42.0 Å². The first-order chi connectivity index (χ1) is 11.3. The molecule has 0 bridgehead atoms. The zero-order chi connectivity index (χ0) is 16.1. The third-order valence-electron chi connectivity index (χ3n) is 3.31. The van der Waals surface area contributed by atoms with Gasteiger partial charge < -0.3 is 4.74 Å². The van der Waals surface area contributed by atoms with E-state index in [1.807, 2.05) is 48.5 Å². The van der Waals surface area contributed by atoms with Gasteiger partial charge >= 0.3 is 0 Å². The van der Waals surface area contributed by atoms with E-state index in [0.29, 0.717) is 5.56 Å². The van der Waals surface area contributed by atoms with Crippen LogP contribution >= 0.6 is 23.1 Å². The van der Waals surface area contributed by atoms with Crippen LogP contribution in [0.5, 0.6) is 5.75 Å². The minimum Gasteiger partial charge on any atom is -0.497 e. The second-order valence-electron chi connectivity index (χ2n) is 4.82. The Balaban J connectivity index is 1.65. The maximum absolute atomic E-state index is 8.81. The van der Waals surface area contributed by atoms with Gasteiger partial charge in [-0.15, -0.1) is 11.3 Å². The van der Waals surface area contributed by atoms with Crippen LogP contribution in [0, 0.1) is 11.3 Å². The molecule has 0 saturated heterocycles. The van der Waals surface area contributed by atoms with Crippen LogP contribution in [-0.2, 0) is 5.75 Å². The van der Waals surface area contributed by atoms with Crippen molar-refractivity contribution in [1.82, 2.24) is 4.98 Å². The van der Waals surface area contributed by atoms with Crippen LogP contribution in [0.25, 0.3) is 11.3 Å². The van der Waals surface area contributed by atoms with E-state index >= 15 is 0 Å². The third kappa shape index (κ3) is 3.92. The summed E-state index contributed by atoms with van der Waals surface area (Å²) in [7, 11) is 1.66. The summed E-state index contributed by atoms with van der Waals surface area (Å²) in [6.07, 6.45) is 0. The van der Waals surface area contributed by atoms with E-state index in [4.69, 9.17) is 10.00 Å². The van der Waals surface area contributed by atoms with Crippen molar-refractivity contribution in [3.8, 4) is 23.1 Å². The normalized spacial score (nSPS) is 10.3. The van der Waals surface area contributed by atoms with Crippen LogP contribution in [0.15, 0.2) is 58.3 Å². The summed E-state index contributed by atoms with van der Waals surface area (Å²) in [6, 6.07) is 17.7. The van der Waals surface area contributed by atoms with E-state index in [-0.39, 0.29) is 0 Å². The van der Waals surface area contributed by atoms with Crippen molar-refractivity contribution in [2.24, 2.45) is 0 Å². The number of methoxy groups -OCH3 is 1. The third-order valence-corrected chi connectivity index (χ3v) is 5.41. The van der Waals surface area contributed by atoms with Gasteiger partial charge in [0, 0.05) is 16.7 Å². The molecular formula is C18H14N2OS2. The average molecular weight is 338 g/mol. The number of thioether (sulfide) groups is 1. The molecule has 3 nitrogen and oxygen atoms in total. The Morgan fingerprint density at radius 3 is 2.52 bits per heavy atom. The Hall–Kier alpha value is -2.29. The molecule has 0 N–H and O–H groups in total. The van der Waals surface area contributed by atoms with Gasteiger partial charge in [-0.25, -0.2) is 4.98 Å². The lowest BCUT2D eigenvalue weighted by molar-refractivity contribution is 0.415. The molecule has 3 aromatic rings. The fourth-order valence-electron chi connectivity index (χ4n) is 2.04. The number of hydrogen-bond acceptors (Lipinski definition) is 5. The lowest BCUT2D eigenvalue weighted by Crippen LogP contribution is -1.83. The van der Waals surface area contributed by atoms with Crippen LogP contribution < -0.4 is 4.74 Å². The standard InChI is InChI=1S/C18H14N2OS2/c1-21-16-8-6-15(7-9-16)17-12-23-18(20-17)22-11-14-4-2-13(10-19)3-5-14/h2-9,12H,11H2,1H3. The summed E-state index contributed by atoms with van der Waals surface area (Å²) in [6.45, 7) is 0. The summed E-state index contributed by atoms with van der Waals surface area (Å²) in [4.78, 5) is 4.67. The van der Waals surface area contributed by atoms with Gasteiger partial charge in [0.05, 0.1) is 24.4 Å². The molecule has 0 unspecified atom stereocenters. The molecule has 5 heteroatoms. The van der Waals surface area contributed by atoms with Gasteiger partial charge in [0.15, 0.2) is 4.34 Å². The minimum absolute atomic E-state index is 0.690. The van der Waals surface area contributed by atoms with Gasteiger partial charge in [-0.1, -0.05) is 23.9 Å². The van der Waals surface area contributed by atoms with Gasteiger partial charge in [-0.3, -0.25) is 0 Å². The highest BCUT2D eigenvalue weighted by Gasteiger charge is 2.06. The molecule has 0 saturated carbocycles. The quantitative estimate of drug-likeness (QED) is 0.615. The predicted octanol–water partition coefficient (Wildman–Crippen LogP) is 4.98. The van der Waals surface area contributed by atoms with E-state index < -0.39 is 0 Å². The Morgan fingerprint density at radius 2 is 1.87 bits per heavy atom. The molecule has 114 valence electrons. The number of ether oxygens (including phenoxy) is 1. The summed E-state index contributed by atoms with van der Waals surface area (Å²) in [5.74, 6) is 1.70. The first-order valence-corrected chi connectivity index (χ1v) is 8.87. The Bertz CT molecular complexity index is 817. The minimum atomic E-state index is 0.690. The fraction of sp³-hybridized carbons (Fsp3) is 0.111. The topological polar surface area (TPSA) is 45.9 Å². The number of thiazole rings is 1. The maximum Gasteiger partial charge on any atom is 0.150 e. The van der Waals surface area contributed by atoms with E-state index in [1.54, 1.807) is 30.2 Å². The molecule has 1 aromatic heterocycles. The highest BCUT2D eigenvalue weighted by atomic mass is 32.2. The fourth-order valence-corrected chi connectivity index (χ4v) is 3.83. The zero-order valence-electron chi connectivity index (χ0n) is 12.5. The molecule has 0 atom stereocenters. The van der Waals surface area contributed by atoms with Crippen molar-refractivity contribution in [3.05, 3.63) is 65.0 Å². The summed E-state index contributed by atoms with van der Waals surface area (Å²) >= 11 is 3.36. The molecule has 0 spiro atoms. The monoisotopic (exact) mass is 338 g/mol. The Morgan fingerprint density at radius 1 is 1.13 bits per heavy atom. The molecule has 0 aliphatic rings. The second-order valence-corrected chi connectivity index (χ2v) is 6.91. The maximum atomic E-state index is 8.81. The Kier molecular flexibility index (Phi) is 4.96. The van der Waals surface area contributed by atoms with Crippen molar-refractivity contribution < 1.29 is 4.74 Å². The number of benzene rings is 2. The number of rotatable bonds is 5. The number of aromatic nitrogens is 1. The smallest absolute Gasteiger partial charge is 0.150 e. The molecule has 2 aromatic carbocycles. The van der Waals surface area contributed by atoms with Crippen molar-refractivity contribution in [1.29, 1.82) is 5.26 Å². The number of nitriles is 1. The number of nitrogens with zero attached hydrogens (tertiary/aromatic N) is 2. The van der Waals surface area contributed by atoms with E-state index in [1.165, 1.54) is 5.56 Å². The molecular weight excluding hydrogens is 324 g/mol. The Labute approximate surface area is 143 Å². The van der Waals surface area contributed by atoms with Crippen LogP contribution in [0.1, 0.15) is 11.1 Å². The van der Waals surface area contributed by atoms with E-state index in [9.17, 15) is 0 Å². The van der Waals surface area contributed by atoms with Crippen molar-refractivity contribution >= 4 is 23.1 Å². The first-order valence-electron chi connectivity index (χ1n) is 7.00. The molecule has 23 heavy (non-hydrogen) atoms. The van der Waals surface area contributed by atoms with E-state index in [2.05, 4.69) is 16.4 Å². The number of hydrogen-bond donors (Lipinski definition) is 0. The van der Waals surface area contributed by atoms with Gasteiger partial charge in [0.2, 0.25) is 0 Å². The second kappa shape index (κ2) is 7.32. The molecule has 0 radical (unpaired) electrons. The lowest BCUT2D eigenvalue weighted by Gasteiger charge is -2.01. The first kappa shape index (κ1) is 15.6. The molecule has 3 rings (SSSR count). The van der Waals surface area contributed by atoms with Crippen molar-refractivity contribution in [2.75, 3.05) is 7.11 Å². The van der Waals surface area contributed by atoms with Crippen molar-refractivity contribution in [2.45, 2.75) is 10.1 Å². The highest BCUT2D eigenvalue weighted by molar-refractivity contribution is 8.00. The molecule has 0 aliphatic heterocycles. The predicted molar refractivity (Wildman–Crippen MR) is 94.8 cm³/mol. The molecule has 1 heterocycles. The van der Waals surface area contributed by atoms with Crippen LogP contribution in [0.3, 0.4) is 0 Å². The van der Waals surface area contributed by atoms with Crippen LogP contribution in [-0.4, -0.2) is 12.1 Å². The largest absolute Gasteiger partial charge is 0.497 e. The van der Waals surface area contributed by atoms with Crippen molar-refractivity contribution in [3.63, 3.8) is 0 Å². The van der Waals surface area contributed by atoms with Crippen LogP contribution in [0.2, 0.25) is 0 Å². The lowest BCUT2D eigenvalue weighted by atomic mass is 10.2. The summed E-state index contributed by atoms with van der Waals surface area (Å²) in [5.41, 5.74) is 3.96. The summed E-state index contributed by atoms with van der Waals surface area (Å²) < 4.78 is 6.21. The molecule has 0 amide bonds. The SMILES string of the molecule is COc1ccc(-c2csc(SCc3ccc(C#N)cc3)n2)cc1. The average Bonchev–Trinajstić information content (AvgIpc) is 3.09. The van der Waals surface area contributed by atoms with Gasteiger partial charge in [0.25, 0.3) is 0 Å². The zero-order valence-corrected chi connectivity index (χ0v) is 14.2. The van der Waals surface area contributed by atoms with Gasteiger partial charge in [0.1, 0.15) is 5.75 Å². The van der Waals surface area contributed by atoms with Crippen LogP contribution in [0.4, 0.5) is 0 Å². The highest BCUT2D eigenvalue weighted by Crippen LogP contribution is 2.31. The van der Waals surface area contributed by atoms with Gasteiger partial charge in [-0.2, -0.15) is 5.26 Å². The molecule has 0 aliphatic carbocycles. The summed E-state index contributed by atoms with van der Waals surface area (Å²) in [5, 5.41) is 10.9.